The summed E-state index contributed by atoms with van der Waals surface area (Å²) >= 11 is 0. The van der Waals surface area contributed by atoms with E-state index in [1.807, 2.05) is 13.8 Å². The first-order chi connectivity index (χ1) is 8.41. The van der Waals surface area contributed by atoms with Gasteiger partial charge < -0.3 is 16.2 Å². The molecule has 0 radical (unpaired) electrons. The molecule has 0 bridgehead atoms. The van der Waals surface area contributed by atoms with Gasteiger partial charge in [-0.1, -0.05) is 6.92 Å². The van der Waals surface area contributed by atoms with E-state index >= 15 is 0 Å². The largest absolute Gasteiger partial charge is 0.399 e. The predicted molar refractivity (Wildman–Crippen MR) is 69.8 cm³/mol. The van der Waals surface area contributed by atoms with Gasteiger partial charge in [0.1, 0.15) is 0 Å². The molecule has 0 aliphatic heterocycles. The lowest BCUT2D eigenvalue weighted by Gasteiger charge is -2.31. The SMILES string of the molecule is CCC(C)(CCO)Nc1ccc(N)cc1C(F)F. The molecule has 4 N–H and O–H groups in total. The molecule has 0 aromatic heterocycles. The first kappa shape index (κ1) is 14.7. The van der Waals surface area contributed by atoms with E-state index in [1.165, 1.54) is 6.07 Å². The summed E-state index contributed by atoms with van der Waals surface area (Å²) in [5, 5.41) is 12.1. The molecule has 0 heterocycles. The second-order valence-corrected chi connectivity index (χ2v) is 4.66. The number of nitrogens with one attached hydrogen (secondary N) is 1. The van der Waals surface area contributed by atoms with Crippen molar-refractivity contribution >= 4 is 11.4 Å². The van der Waals surface area contributed by atoms with Crippen LogP contribution in [0.5, 0.6) is 0 Å². The smallest absolute Gasteiger partial charge is 0.265 e. The summed E-state index contributed by atoms with van der Waals surface area (Å²) in [7, 11) is 0. The van der Waals surface area contributed by atoms with Crippen LogP contribution in [0, 0.1) is 0 Å². The molecule has 0 saturated heterocycles. The molecule has 5 heteroatoms. The Bertz CT molecular complexity index is 399. The Morgan fingerprint density at radius 3 is 2.61 bits per heavy atom. The van der Waals surface area contributed by atoms with Crippen LogP contribution < -0.4 is 11.1 Å². The third-order valence-corrected chi connectivity index (χ3v) is 3.19. The van der Waals surface area contributed by atoms with Gasteiger partial charge in [0.2, 0.25) is 0 Å². The quantitative estimate of drug-likeness (QED) is 0.687. The Labute approximate surface area is 106 Å². The minimum atomic E-state index is -2.58. The van der Waals surface area contributed by atoms with Gasteiger partial charge in [0, 0.05) is 29.1 Å². The van der Waals surface area contributed by atoms with Crippen molar-refractivity contribution in [1.82, 2.24) is 0 Å². The van der Waals surface area contributed by atoms with Gasteiger partial charge in [-0.3, -0.25) is 0 Å². The zero-order valence-electron chi connectivity index (χ0n) is 10.7. The number of nitrogen functional groups attached to an aromatic ring is 1. The highest BCUT2D eigenvalue weighted by Gasteiger charge is 2.24. The summed E-state index contributed by atoms with van der Waals surface area (Å²) < 4.78 is 25.9. The number of hydrogen-bond acceptors (Lipinski definition) is 3. The van der Waals surface area contributed by atoms with Crippen LogP contribution in [0.4, 0.5) is 20.2 Å². The van der Waals surface area contributed by atoms with E-state index < -0.39 is 12.0 Å². The first-order valence-electron chi connectivity index (χ1n) is 5.98. The number of nitrogens with two attached hydrogens (primary N) is 1. The minimum Gasteiger partial charge on any atom is -0.399 e. The van der Waals surface area contributed by atoms with Gasteiger partial charge in [-0.15, -0.1) is 0 Å². The zero-order chi connectivity index (χ0) is 13.8. The number of alkyl halides is 2. The fraction of sp³-hybridized carbons (Fsp3) is 0.538. The lowest BCUT2D eigenvalue weighted by molar-refractivity contribution is 0.152. The molecule has 102 valence electrons. The summed E-state index contributed by atoms with van der Waals surface area (Å²) in [6, 6.07) is 4.42. The number of hydrogen-bond donors (Lipinski definition) is 3. The predicted octanol–water partition coefficient (Wildman–Crippen LogP) is 3.17. The van der Waals surface area contributed by atoms with Gasteiger partial charge in [-0.25, -0.2) is 8.78 Å². The maximum atomic E-state index is 12.9. The normalized spacial score (nSPS) is 14.6. The van der Waals surface area contributed by atoms with Crippen molar-refractivity contribution in [1.29, 1.82) is 0 Å². The van der Waals surface area contributed by atoms with Crippen LogP contribution in [0.25, 0.3) is 0 Å². The zero-order valence-corrected chi connectivity index (χ0v) is 10.7. The Balaban J connectivity index is 3.02. The molecule has 0 saturated carbocycles. The van der Waals surface area contributed by atoms with Gasteiger partial charge in [0.15, 0.2) is 0 Å². The third kappa shape index (κ3) is 3.57. The van der Waals surface area contributed by atoms with E-state index in [9.17, 15) is 8.78 Å². The third-order valence-electron chi connectivity index (χ3n) is 3.19. The van der Waals surface area contributed by atoms with Gasteiger partial charge in [-0.2, -0.15) is 0 Å². The summed E-state index contributed by atoms with van der Waals surface area (Å²) in [5.74, 6) is 0. The van der Waals surface area contributed by atoms with Crippen LogP contribution in [0.15, 0.2) is 18.2 Å². The lowest BCUT2D eigenvalue weighted by atomic mass is 9.94. The van der Waals surface area contributed by atoms with Gasteiger partial charge in [0.05, 0.1) is 0 Å². The molecular formula is C13H20F2N2O. The average molecular weight is 258 g/mol. The van der Waals surface area contributed by atoms with Crippen LogP contribution in [-0.2, 0) is 0 Å². The second-order valence-electron chi connectivity index (χ2n) is 4.66. The van der Waals surface area contributed by atoms with Crippen molar-refractivity contribution in [3.63, 3.8) is 0 Å². The van der Waals surface area contributed by atoms with E-state index in [1.54, 1.807) is 12.1 Å². The summed E-state index contributed by atoms with van der Waals surface area (Å²) in [6.07, 6.45) is -1.36. The average Bonchev–Trinajstić information content (AvgIpc) is 2.31. The van der Waals surface area contributed by atoms with Crippen LogP contribution >= 0.6 is 0 Å². The van der Waals surface area contributed by atoms with E-state index in [-0.39, 0.29) is 12.2 Å². The van der Waals surface area contributed by atoms with Gasteiger partial charge in [-0.05, 0) is 38.0 Å². The number of halogens is 2. The van der Waals surface area contributed by atoms with E-state index in [0.717, 1.165) is 6.42 Å². The van der Waals surface area contributed by atoms with Crippen molar-refractivity contribution in [2.45, 2.75) is 38.7 Å². The maximum absolute atomic E-state index is 12.9. The second kappa shape index (κ2) is 6.00. The molecule has 3 nitrogen and oxygen atoms in total. The first-order valence-corrected chi connectivity index (χ1v) is 5.98. The number of aliphatic hydroxyl groups is 1. The molecule has 1 rings (SSSR count). The molecule has 0 aliphatic rings. The number of aliphatic hydroxyl groups excluding tert-OH is 1. The fourth-order valence-corrected chi connectivity index (χ4v) is 1.78. The van der Waals surface area contributed by atoms with Crippen LogP contribution in [0.2, 0.25) is 0 Å². The highest BCUT2D eigenvalue weighted by atomic mass is 19.3. The Kier molecular flexibility index (Phi) is 4.90. The highest BCUT2D eigenvalue weighted by molar-refractivity contribution is 5.59. The lowest BCUT2D eigenvalue weighted by Crippen LogP contribution is -2.35. The van der Waals surface area contributed by atoms with Crippen LogP contribution in [0.1, 0.15) is 38.7 Å². The monoisotopic (exact) mass is 258 g/mol. The molecule has 1 unspecified atom stereocenters. The van der Waals surface area contributed by atoms with E-state index in [0.29, 0.717) is 17.8 Å². The molecular weight excluding hydrogens is 238 g/mol. The number of benzene rings is 1. The van der Waals surface area contributed by atoms with Crippen molar-refractivity contribution in [3.05, 3.63) is 23.8 Å². The molecule has 1 aromatic rings. The number of anilines is 2. The summed E-state index contributed by atoms with van der Waals surface area (Å²) in [5.41, 5.74) is 5.69. The molecule has 1 atom stereocenters. The topological polar surface area (TPSA) is 58.3 Å². The minimum absolute atomic E-state index is 0.0102. The van der Waals surface area contributed by atoms with Crippen LogP contribution in [-0.4, -0.2) is 17.3 Å². The Morgan fingerprint density at radius 1 is 1.44 bits per heavy atom. The molecule has 1 aromatic carbocycles. The van der Waals surface area contributed by atoms with Crippen LogP contribution in [0.3, 0.4) is 0 Å². The molecule has 18 heavy (non-hydrogen) atoms. The maximum Gasteiger partial charge on any atom is 0.265 e. The van der Waals surface area contributed by atoms with Gasteiger partial charge >= 0.3 is 0 Å². The molecule has 0 fully saturated rings. The van der Waals surface area contributed by atoms with E-state index in [4.69, 9.17) is 10.8 Å². The summed E-state index contributed by atoms with van der Waals surface area (Å²) in [4.78, 5) is 0. The fourth-order valence-electron chi connectivity index (χ4n) is 1.78. The Morgan fingerprint density at radius 2 is 2.11 bits per heavy atom. The summed E-state index contributed by atoms with van der Waals surface area (Å²) in [6.45, 7) is 3.85. The molecule has 0 spiro atoms. The van der Waals surface area contributed by atoms with Crippen molar-refractivity contribution in [3.8, 4) is 0 Å². The standard InChI is InChI=1S/C13H20F2N2O/c1-3-13(2,6-7-18)17-11-5-4-9(16)8-10(11)12(14)15/h4-5,8,12,17-18H,3,6-7,16H2,1-2H3. The van der Waals surface area contributed by atoms with E-state index in [2.05, 4.69) is 5.32 Å². The van der Waals surface area contributed by atoms with Crippen molar-refractivity contribution < 1.29 is 13.9 Å². The van der Waals surface area contributed by atoms with Crippen molar-refractivity contribution in [2.75, 3.05) is 17.7 Å². The Hall–Kier alpha value is -1.36. The number of rotatable bonds is 6. The van der Waals surface area contributed by atoms with Crippen molar-refractivity contribution in [2.24, 2.45) is 0 Å². The molecule has 0 amide bonds. The van der Waals surface area contributed by atoms with Gasteiger partial charge in [0.25, 0.3) is 6.43 Å². The highest BCUT2D eigenvalue weighted by Crippen LogP contribution is 2.32. The molecule has 0 aliphatic carbocycles.